The monoisotopic (exact) mass is 509 g/mol. The van der Waals surface area contributed by atoms with E-state index in [1.807, 2.05) is 31.7 Å². The average Bonchev–Trinajstić information content (AvgIpc) is 3.16. The molecule has 7 nitrogen and oxygen atoms in total. The molecule has 3 rings (SSSR count). The second-order valence-corrected chi connectivity index (χ2v) is 7.89. The summed E-state index contributed by atoms with van der Waals surface area (Å²) in [5.74, 6) is 2.74. The quantitative estimate of drug-likeness (QED) is 0.390. The first kappa shape index (κ1) is 21.4. The third-order valence-electron chi connectivity index (χ3n) is 4.48. The van der Waals surface area contributed by atoms with Gasteiger partial charge in [-0.1, -0.05) is 11.6 Å². The molecule has 0 unspecified atom stereocenters. The topological polar surface area (TPSA) is 61.6 Å². The SMILES string of the molecule is CN=C(NCc1nnc(C)n1C)N1CCN(Cc2ccc(Cl)s2)CC1.I. The summed E-state index contributed by atoms with van der Waals surface area (Å²) < 4.78 is 2.85. The van der Waals surface area contributed by atoms with Gasteiger partial charge in [0.05, 0.1) is 10.9 Å². The normalized spacial score (nSPS) is 15.8. The summed E-state index contributed by atoms with van der Waals surface area (Å²) in [5.41, 5.74) is 0. The molecule has 0 aliphatic carbocycles. The van der Waals surface area contributed by atoms with Crippen molar-refractivity contribution in [1.29, 1.82) is 0 Å². The molecule has 0 atom stereocenters. The highest BCUT2D eigenvalue weighted by molar-refractivity contribution is 14.0. The number of aliphatic imine (C=N–C) groups is 1. The third kappa shape index (κ3) is 5.30. The molecule has 0 spiro atoms. The minimum absolute atomic E-state index is 0. The van der Waals surface area contributed by atoms with E-state index in [2.05, 4.69) is 36.4 Å². The van der Waals surface area contributed by atoms with E-state index in [-0.39, 0.29) is 24.0 Å². The van der Waals surface area contributed by atoms with Gasteiger partial charge in [-0.2, -0.15) is 0 Å². The molecule has 1 aliphatic rings. The standard InChI is InChI=1S/C16H24ClN7S.HI/c1-12-20-21-15(22(12)3)10-19-16(18-2)24-8-6-23(7-9-24)11-13-4-5-14(17)25-13;/h4-5H,6-11H2,1-3H3,(H,18,19);1H. The summed E-state index contributed by atoms with van der Waals surface area (Å²) in [6.07, 6.45) is 0. The highest BCUT2D eigenvalue weighted by atomic mass is 127. The number of nitrogens with zero attached hydrogens (tertiary/aromatic N) is 6. The smallest absolute Gasteiger partial charge is 0.194 e. The van der Waals surface area contributed by atoms with Crippen molar-refractivity contribution < 1.29 is 0 Å². The fourth-order valence-electron chi connectivity index (χ4n) is 2.87. The lowest BCUT2D eigenvalue weighted by molar-refractivity contribution is 0.173. The minimum Gasteiger partial charge on any atom is -0.349 e. The number of nitrogens with one attached hydrogen (secondary N) is 1. The van der Waals surface area contributed by atoms with E-state index in [1.54, 1.807) is 11.3 Å². The van der Waals surface area contributed by atoms with Crippen molar-refractivity contribution in [3.8, 4) is 0 Å². The third-order valence-corrected chi connectivity index (χ3v) is 5.70. The first-order valence-electron chi connectivity index (χ1n) is 8.34. The summed E-state index contributed by atoms with van der Waals surface area (Å²) >= 11 is 7.68. The van der Waals surface area contributed by atoms with Crippen molar-refractivity contribution in [3.05, 3.63) is 33.0 Å². The molecule has 1 N–H and O–H groups in total. The predicted octanol–water partition coefficient (Wildman–Crippen LogP) is 2.35. The number of halogens is 2. The van der Waals surface area contributed by atoms with Crippen molar-refractivity contribution in [2.24, 2.45) is 12.0 Å². The zero-order valence-electron chi connectivity index (χ0n) is 15.3. The highest BCUT2D eigenvalue weighted by Gasteiger charge is 2.20. The maximum atomic E-state index is 6.02. The number of rotatable bonds is 4. The van der Waals surface area contributed by atoms with Crippen LogP contribution in [0.5, 0.6) is 0 Å². The predicted molar refractivity (Wildman–Crippen MR) is 118 cm³/mol. The first-order chi connectivity index (χ1) is 12.1. The van der Waals surface area contributed by atoms with Crippen LogP contribution in [0.3, 0.4) is 0 Å². The average molecular weight is 510 g/mol. The van der Waals surface area contributed by atoms with Crippen LogP contribution in [0.1, 0.15) is 16.5 Å². The molecule has 10 heteroatoms. The van der Waals surface area contributed by atoms with Crippen LogP contribution in [0.15, 0.2) is 17.1 Å². The van der Waals surface area contributed by atoms with Gasteiger partial charge < -0.3 is 14.8 Å². The second kappa shape index (κ2) is 9.86. The van der Waals surface area contributed by atoms with E-state index in [0.717, 1.165) is 54.7 Å². The van der Waals surface area contributed by atoms with Crippen molar-refractivity contribution in [1.82, 2.24) is 29.9 Å². The van der Waals surface area contributed by atoms with Gasteiger partial charge in [0.25, 0.3) is 0 Å². The molecule has 144 valence electrons. The summed E-state index contributed by atoms with van der Waals surface area (Å²) in [5, 5.41) is 11.7. The number of hydrogen-bond acceptors (Lipinski definition) is 5. The molecule has 0 aromatic carbocycles. The van der Waals surface area contributed by atoms with E-state index in [0.29, 0.717) is 6.54 Å². The van der Waals surface area contributed by atoms with Gasteiger partial charge in [0.2, 0.25) is 0 Å². The number of guanidine groups is 1. The van der Waals surface area contributed by atoms with E-state index >= 15 is 0 Å². The molecule has 1 aliphatic heterocycles. The molecule has 26 heavy (non-hydrogen) atoms. The van der Waals surface area contributed by atoms with Crippen LogP contribution in [-0.2, 0) is 20.1 Å². The number of piperazine rings is 1. The Morgan fingerprint density at radius 3 is 2.54 bits per heavy atom. The van der Waals surface area contributed by atoms with Crippen LogP contribution in [0.4, 0.5) is 0 Å². The lowest BCUT2D eigenvalue weighted by Gasteiger charge is -2.36. The summed E-state index contributed by atoms with van der Waals surface area (Å²) in [7, 11) is 3.80. The molecular weight excluding hydrogens is 485 g/mol. The molecule has 1 saturated heterocycles. The zero-order chi connectivity index (χ0) is 17.8. The van der Waals surface area contributed by atoms with Gasteiger partial charge in [-0.15, -0.1) is 45.5 Å². The Kier molecular flexibility index (Phi) is 8.11. The van der Waals surface area contributed by atoms with Crippen LogP contribution >= 0.6 is 46.9 Å². The Morgan fingerprint density at radius 2 is 2.00 bits per heavy atom. The molecular formula is C16H25ClIN7S. The Bertz CT molecular complexity index is 737. The molecule has 3 heterocycles. The Balaban J connectivity index is 0.00000243. The maximum Gasteiger partial charge on any atom is 0.194 e. The van der Waals surface area contributed by atoms with Crippen LogP contribution in [0.2, 0.25) is 4.34 Å². The largest absolute Gasteiger partial charge is 0.349 e. The molecule has 1 fully saturated rings. The maximum absolute atomic E-state index is 6.02. The van der Waals surface area contributed by atoms with E-state index in [1.165, 1.54) is 4.88 Å². The van der Waals surface area contributed by atoms with Gasteiger partial charge in [0, 0.05) is 51.7 Å². The Morgan fingerprint density at radius 1 is 1.27 bits per heavy atom. The van der Waals surface area contributed by atoms with Gasteiger partial charge in [0.1, 0.15) is 5.82 Å². The summed E-state index contributed by atoms with van der Waals surface area (Å²) in [4.78, 5) is 10.5. The zero-order valence-corrected chi connectivity index (χ0v) is 19.2. The fourth-order valence-corrected chi connectivity index (χ4v) is 4.00. The van der Waals surface area contributed by atoms with Gasteiger partial charge >= 0.3 is 0 Å². The van der Waals surface area contributed by atoms with Gasteiger partial charge in [-0.25, -0.2) is 0 Å². The Hall–Kier alpha value is -0.910. The van der Waals surface area contributed by atoms with Crippen molar-refractivity contribution >= 4 is 52.9 Å². The van der Waals surface area contributed by atoms with Crippen LogP contribution in [0, 0.1) is 6.92 Å². The number of aryl methyl sites for hydroxylation is 1. The molecule has 0 radical (unpaired) electrons. The van der Waals surface area contributed by atoms with Crippen LogP contribution in [0.25, 0.3) is 0 Å². The summed E-state index contributed by atoms with van der Waals surface area (Å²) in [6.45, 7) is 7.48. The number of thiophene rings is 1. The number of hydrogen-bond donors (Lipinski definition) is 1. The molecule has 2 aromatic rings. The van der Waals surface area contributed by atoms with E-state index in [9.17, 15) is 0 Å². The molecule has 0 bridgehead atoms. The molecule has 0 saturated carbocycles. The second-order valence-electron chi connectivity index (χ2n) is 6.09. The fraction of sp³-hybridized carbons (Fsp3) is 0.562. The molecule has 0 amide bonds. The van der Waals surface area contributed by atoms with E-state index in [4.69, 9.17) is 11.6 Å². The van der Waals surface area contributed by atoms with Gasteiger partial charge in [-0.05, 0) is 19.1 Å². The lowest BCUT2D eigenvalue weighted by Crippen LogP contribution is -2.52. The van der Waals surface area contributed by atoms with Crippen molar-refractivity contribution in [3.63, 3.8) is 0 Å². The molecule has 2 aromatic heterocycles. The van der Waals surface area contributed by atoms with Crippen molar-refractivity contribution in [2.75, 3.05) is 33.2 Å². The van der Waals surface area contributed by atoms with Crippen molar-refractivity contribution in [2.45, 2.75) is 20.0 Å². The lowest BCUT2D eigenvalue weighted by atomic mass is 10.3. The van der Waals surface area contributed by atoms with Crippen LogP contribution in [-0.4, -0.2) is 63.8 Å². The van der Waals surface area contributed by atoms with Crippen LogP contribution < -0.4 is 5.32 Å². The Labute approximate surface area is 180 Å². The van der Waals surface area contributed by atoms with Gasteiger partial charge in [0.15, 0.2) is 11.8 Å². The number of aromatic nitrogens is 3. The minimum atomic E-state index is 0. The first-order valence-corrected chi connectivity index (χ1v) is 9.53. The van der Waals surface area contributed by atoms with E-state index < -0.39 is 0 Å². The van der Waals surface area contributed by atoms with Gasteiger partial charge in [-0.3, -0.25) is 9.89 Å². The summed E-state index contributed by atoms with van der Waals surface area (Å²) in [6, 6.07) is 4.08. The highest BCUT2D eigenvalue weighted by Crippen LogP contribution is 2.23.